The van der Waals surface area contributed by atoms with E-state index in [-0.39, 0.29) is 13.4 Å². The van der Waals surface area contributed by atoms with Crippen LogP contribution in [0.5, 0.6) is 34.5 Å². The van der Waals surface area contributed by atoms with Crippen LogP contribution in [0.2, 0.25) is 0 Å². The van der Waals surface area contributed by atoms with Crippen LogP contribution in [0.1, 0.15) is 30.9 Å². The zero-order valence-corrected chi connectivity index (χ0v) is 19.6. The molecule has 3 atom stereocenters. The van der Waals surface area contributed by atoms with Crippen molar-refractivity contribution in [2.24, 2.45) is 5.92 Å². The molecule has 2 heterocycles. The van der Waals surface area contributed by atoms with Crippen LogP contribution in [0, 0.1) is 5.92 Å². The molecular formula is C24H28O9. The highest BCUT2D eigenvalue weighted by Gasteiger charge is 2.53. The van der Waals surface area contributed by atoms with E-state index in [9.17, 15) is 4.79 Å². The van der Waals surface area contributed by atoms with Crippen molar-refractivity contribution in [3.05, 3.63) is 35.4 Å². The second-order valence-electron chi connectivity index (χ2n) is 7.73. The van der Waals surface area contributed by atoms with Gasteiger partial charge in [-0.1, -0.05) is 0 Å². The number of fused-ring (bicyclic) bond motifs is 2. The summed E-state index contributed by atoms with van der Waals surface area (Å²) in [5.74, 6) is -0.152. The Morgan fingerprint density at radius 2 is 1.61 bits per heavy atom. The van der Waals surface area contributed by atoms with E-state index in [1.54, 1.807) is 34.1 Å². The maximum Gasteiger partial charge on any atom is 0.316 e. The average Bonchev–Trinajstić information content (AvgIpc) is 3.28. The fraction of sp³-hybridized carbons (Fsp3) is 0.458. The van der Waals surface area contributed by atoms with E-state index in [0.29, 0.717) is 34.5 Å². The van der Waals surface area contributed by atoms with E-state index in [1.165, 1.54) is 14.2 Å². The van der Waals surface area contributed by atoms with E-state index < -0.39 is 23.6 Å². The van der Waals surface area contributed by atoms with Crippen molar-refractivity contribution in [1.82, 2.24) is 0 Å². The van der Waals surface area contributed by atoms with Crippen LogP contribution in [-0.4, -0.2) is 53.6 Å². The van der Waals surface area contributed by atoms with Gasteiger partial charge in [-0.2, -0.15) is 0 Å². The Balaban J connectivity index is 1.99. The molecule has 2 aromatic rings. The third-order valence-electron chi connectivity index (χ3n) is 6.04. The van der Waals surface area contributed by atoms with Gasteiger partial charge >= 0.3 is 5.97 Å². The molecule has 0 spiro atoms. The number of hydrogen-bond donors (Lipinski definition) is 0. The zero-order chi connectivity index (χ0) is 23.8. The normalized spacial score (nSPS) is 22.7. The van der Waals surface area contributed by atoms with E-state index >= 15 is 0 Å². The first-order chi connectivity index (χ1) is 15.9. The minimum Gasteiger partial charge on any atom is -0.493 e. The molecule has 0 N–H and O–H groups in total. The summed E-state index contributed by atoms with van der Waals surface area (Å²) < 4.78 is 45.2. The summed E-state index contributed by atoms with van der Waals surface area (Å²) in [5, 5.41) is 0. The molecule has 0 fully saturated rings. The van der Waals surface area contributed by atoms with Crippen LogP contribution in [0.3, 0.4) is 0 Å². The molecule has 2 aliphatic heterocycles. The highest BCUT2D eigenvalue weighted by Crippen LogP contribution is 2.54. The standard InChI is InChI=1S/C24H28O9/c1-7-30-23(25)21-20(13-8-18(26-3)22(28-5)19(9-13)27-4)14-10-16-17(32-12-31-16)11-15(14)33-24(21,2)29-6/h8-11,20-21H,7,12H2,1-6H3/t20-,21-,24?/m1/s1. The number of ether oxygens (including phenoxy) is 8. The average molecular weight is 460 g/mol. The minimum atomic E-state index is -1.32. The van der Waals surface area contributed by atoms with E-state index in [2.05, 4.69) is 0 Å². The van der Waals surface area contributed by atoms with Gasteiger partial charge in [-0.05, 0) is 30.7 Å². The van der Waals surface area contributed by atoms with Crippen molar-refractivity contribution in [2.75, 3.05) is 41.8 Å². The first-order valence-electron chi connectivity index (χ1n) is 10.5. The highest BCUT2D eigenvalue weighted by molar-refractivity contribution is 5.78. The second-order valence-corrected chi connectivity index (χ2v) is 7.73. The Morgan fingerprint density at radius 3 is 2.15 bits per heavy atom. The lowest BCUT2D eigenvalue weighted by molar-refractivity contribution is -0.212. The maximum atomic E-state index is 13.3. The Bertz CT molecular complexity index is 1030. The molecule has 33 heavy (non-hydrogen) atoms. The van der Waals surface area contributed by atoms with Gasteiger partial charge in [-0.15, -0.1) is 0 Å². The number of esters is 1. The number of carbonyl (C=O) groups excluding carboxylic acids is 1. The summed E-state index contributed by atoms with van der Waals surface area (Å²) in [6.45, 7) is 3.79. The number of methoxy groups -OCH3 is 4. The van der Waals surface area contributed by atoms with Gasteiger partial charge < -0.3 is 37.9 Å². The van der Waals surface area contributed by atoms with Crippen LogP contribution in [0.15, 0.2) is 24.3 Å². The van der Waals surface area contributed by atoms with Gasteiger partial charge in [-0.3, -0.25) is 4.79 Å². The predicted molar refractivity (Wildman–Crippen MR) is 117 cm³/mol. The first kappa shape index (κ1) is 22.8. The van der Waals surface area contributed by atoms with E-state index in [0.717, 1.165) is 11.1 Å². The first-order valence-corrected chi connectivity index (χ1v) is 10.5. The molecule has 0 radical (unpaired) electrons. The summed E-state index contributed by atoms with van der Waals surface area (Å²) in [6, 6.07) is 7.20. The maximum absolute atomic E-state index is 13.3. The summed E-state index contributed by atoms with van der Waals surface area (Å²) in [4.78, 5) is 13.3. The molecule has 9 nitrogen and oxygen atoms in total. The van der Waals surface area contributed by atoms with Gasteiger partial charge in [0, 0.05) is 31.6 Å². The van der Waals surface area contributed by atoms with Crippen molar-refractivity contribution >= 4 is 5.97 Å². The van der Waals surface area contributed by atoms with Crippen molar-refractivity contribution in [2.45, 2.75) is 25.6 Å². The lowest BCUT2D eigenvalue weighted by Gasteiger charge is -2.44. The molecule has 2 aromatic carbocycles. The molecule has 0 saturated heterocycles. The topological polar surface area (TPSA) is 90.9 Å². The molecule has 0 bridgehead atoms. The van der Waals surface area contributed by atoms with Crippen LogP contribution in [0.4, 0.5) is 0 Å². The molecule has 0 amide bonds. The smallest absolute Gasteiger partial charge is 0.316 e. The SMILES string of the molecule is CCOC(=O)[C@H]1[C@H](c2cc(OC)c(OC)c(OC)c2)c2cc3c(cc2OC1(C)OC)OCO3. The number of rotatable bonds is 7. The number of benzene rings is 2. The van der Waals surface area contributed by atoms with Crippen LogP contribution in [0.25, 0.3) is 0 Å². The van der Waals surface area contributed by atoms with Crippen LogP contribution < -0.4 is 28.4 Å². The van der Waals surface area contributed by atoms with Crippen molar-refractivity contribution in [3.8, 4) is 34.5 Å². The zero-order valence-electron chi connectivity index (χ0n) is 19.6. The van der Waals surface area contributed by atoms with Gasteiger partial charge in [-0.25, -0.2) is 0 Å². The fourth-order valence-electron chi connectivity index (χ4n) is 4.44. The second kappa shape index (κ2) is 8.90. The lowest BCUT2D eigenvalue weighted by Crippen LogP contribution is -2.52. The Labute approximate surface area is 192 Å². The highest BCUT2D eigenvalue weighted by atomic mass is 16.7. The van der Waals surface area contributed by atoms with Crippen LogP contribution >= 0.6 is 0 Å². The molecule has 178 valence electrons. The molecule has 0 aliphatic carbocycles. The Morgan fingerprint density at radius 1 is 0.970 bits per heavy atom. The summed E-state index contributed by atoms with van der Waals surface area (Å²) in [7, 11) is 6.11. The largest absolute Gasteiger partial charge is 0.493 e. The minimum absolute atomic E-state index is 0.107. The van der Waals surface area contributed by atoms with E-state index in [4.69, 9.17) is 37.9 Å². The van der Waals surface area contributed by atoms with Crippen molar-refractivity contribution in [1.29, 1.82) is 0 Å². The molecular weight excluding hydrogens is 432 g/mol. The number of carbonyl (C=O) groups is 1. The predicted octanol–water partition coefficient (Wildman–Crippen LogP) is 3.51. The van der Waals surface area contributed by atoms with Crippen molar-refractivity contribution < 1.29 is 42.7 Å². The fourth-order valence-corrected chi connectivity index (χ4v) is 4.44. The van der Waals surface area contributed by atoms with Crippen molar-refractivity contribution in [3.63, 3.8) is 0 Å². The third kappa shape index (κ3) is 3.76. The summed E-state index contributed by atoms with van der Waals surface area (Å²) in [6.07, 6.45) is 0. The Kier molecular flexibility index (Phi) is 6.16. The molecule has 0 saturated carbocycles. The third-order valence-corrected chi connectivity index (χ3v) is 6.04. The molecule has 4 rings (SSSR count). The molecule has 2 aliphatic rings. The summed E-state index contributed by atoms with van der Waals surface area (Å²) in [5.41, 5.74) is 1.45. The molecule has 0 aromatic heterocycles. The summed E-state index contributed by atoms with van der Waals surface area (Å²) >= 11 is 0. The lowest BCUT2D eigenvalue weighted by atomic mass is 9.74. The van der Waals surface area contributed by atoms with E-state index in [1.807, 2.05) is 18.2 Å². The van der Waals surface area contributed by atoms with Gasteiger partial charge in [0.2, 0.25) is 18.3 Å². The van der Waals surface area contributed by atoms with Gasteiger partial charge in [0.05, 0.1) is 27.9 Å². The quantitative estimate of drug-likeness (QED) is 0.576. The van der Waals surface area contributed by atoms with Gasteiger partial charge in [0.1, 0.15) is 11.7 Å². The van der Waals surface area contributed by atoms with Crippen LogP contribution in [-0.2, 0) is 14.3 Å². The Hall–Kier alpha value is -3.33. The number of hydrogen-bond acceptors (Lipinski definition) is 9. The monoisotopic (exact) mass is 460 g/mol. The molecule has 9 heteroatoms. The molecule has 1 unspecified atom stereocenters. The van der Waals surface area contributed by atoms with Gasteiger partial charge in [0.25, 0.3) is 0 Å². The van der Waals surface area contributed by atoms with Gasteiger partial charge in [0.15, 0.2) is 23.0 Å².